The van der Waals surface area contributed by atoms with Crippen LogP contribution in [0.5, 0.6) is 0 Å². The van der Waals surface area contributed by atoms with Crippen molar-refractivity contribution >= 4 is 45.7 Å². The number of fused-ring (bicyclic) bond motifs is 1. The fourth-order valence-corrected chi connectivity index (χ4v) is 5.56. The number of carbonyl (C=O) groups is 4. The molecule has 13 heteroatoms. The minimum absolute atomic E-state index is 0.0519. The van der Waals surface area contributed by atoms with E-state index in [-0.39, 0.29) is 34.8 Å². The maximum Gasteiger partial charge on any atom is 0.333 e. The molecule has 4 amide bonds. The first kappa shape index (κ1) is 19.9. The Kier molecular flexibility index (Phi) is 5.63. The predicted molar refractivity (Wildman–Crippen MR) is 91.9 cm³/mol. The number of hydrogen-bond donors (Lipinski definition) is 3. The SMILES string of the molecule is O=C1N[C@@H]2[C@H](CCCCC(=O)ON3C(=O)CC(S(=O)(=O)O)C3=O)SC[C@H]2N1. The Bertz CT molecular complexity index is 770. The standard InChI is InChI=1S/C14H19N3O8S2/c18-10-5-9(27(22,23)24)13(20)17(10)25-11(19)4-2-1-3-8-12-7(6-26-8)15-14(21)16-12/h7-9,12H,1-6H2,(H2,15,16,21)(H,22,23,24)/t7-,8+,9?,12+/m1/s1. The molecule has 3 aliphatic heterocycles. The monoisotopic (exact) mass is 421 g/mol. The average molecular weight is 421 g/mol. The topological polar surface area (TPSA) is 159 Å². The molecule has 1 unspecified atom stereocenters. The Morgan fingerprint density at radius 1 is 1.26 bits per heavy atom. The van der Waals surface area contributed by atoms with Crippen LogP contribution in [0.15, 0.2) is 0 Å². The van der Waals surface area contributed by atoms with Gasteiger partial charge in [0.15, 0.2) is 5.25 Å². The summed E-state index contributed by atoms with van der Waals surface area (Å²) in [6, 6.07) is 0.0362. The van der Waals surface area contributed by atoms with Crippen LogP contribution in [0, 0.1) is 0 Å². The zero-order valence-electron chi connectivity index (χ0n) is 14.1. The molecule has 0 bridgehead atoms. The first-order chi connectivity index (χ1) is 12.7. The van der Waals surface area contributed by atoms with Crippen molar-refractivity contribution in [1.29, 1.82) is 0 Å². The van der Waals surface area contributed by atoms with Gasteiger partial charge in [-0.1, -0.05) is 6.42 Å². The van der Waals surface area contributed by atoms with Crippen LogP contribution in [0.25, 0.3) is 0 Å². The smallest absolute Gasteiger partial charge is 0.332 e. The van der Waals surface area contributed by atoms with Gasteiger partial charge in [-0.15, -0.1) is 5.06 Å². The maximum absolute atomic E-state index is 11.8. The number of nitrogens with zero attached hydrogens (tertiary/aromatic N) is 1. The molecule has 3 saturated heterocycles. The van der Waals surface area contributed by atoms with Gasteiger partial charge in [-0.25, -0.2) is 9.59 Å². The second-order valence-electron chi connectivity index (χ2n) is 6.57. The summed E-state index contributed by atoms with van der Waals surface area (Å²) in [5, 5.41) is 4.15. The van der Waals surface area contributed by atoms with Crippen molar-refractivity contribution in [3.05, 3.63) is 0 Å². The highest BCUT2D eigenvalue weighted by Gasteiger charge is 2.48. The van der Waals surface area contributed by atoms with Crippen molar-refractivity contribution in [2.45, 2.75) is 54.7 Å². The van der Waals surface area contributed by atoms with Crippen molar-refractivity contribution in [2.24, 2.45) is 0 Å². The highest BCUT2D eigenvalue weighted by Crippen LogP contribution is 2.33. The third kappa shape index (κ3) is 4.35. The number of urea groups is 1. The van der Waals surface area contributed by atoms with Crippen molar-refractivity contribution in [3.63, 3.8) is 0 Å². The van der Waals surface area contributed by atoms with Crippen LogP contribution in [-0.2, 0) is 29.3 Å². The molecule has 0 radical (unpaired) electrons. The summed E-state index contributed by atoms with van der Waals surface area (Å²) in [5.74, 6) is -2.26. The predicted octanol–water partition coefficient (Wildman–Crippen LogP) is -0.814. The Morgan fingerprint density at radius 3 is 2.67 bits per heavy atom. The second kappa shape index (κ2) is 7.64. The fourth-order valence-electron chi connectivity index (χ4n) is 3.32. The van der Waals surface area contributed by atoms with E-state index in [0.29, 0.717) is 12.8 Å². The van der Waals surface area contributed by atoms with E-state index in [0.717, 1.165) is 12.2 Å². The largest absolute Gasteiger partial charge is 0.333 e. The molecule has 0 saturated carbocycles. The summed E-state index contributed by atoms with van der Waals surface area (Å²) in [7, 11) is -4.74. The van der Waals surface area contributed by atoms with Gasteiger partial charge in [-0.2, -0.15) is 20.2 Å². The molecule has 4 atom stereocenters. The lowest BCUT2D eigenvalue weighted by atomic mass is 10.0. The number of imide groups is 1. The van der Waals surface area contributed by atoms with E-state index in [1.165, 1.54) is 0 Å². The van der Waals surface area contributed by atoms with E-state index in [1.54, 1.807) is 11.8 Å². The molecule has 0 aromatic rings. The van der Waals surface area contributed by atoms with Gasteiger partial charge < -0.3 is 15.5 Å². The quantitative estimate of drug-likeness (QED) is 0.207. The van der Waals surface area contributed by atoms with Gasteiger partial charge in [0.1, 0.15) is 0 Å². The molecular weight excluding hydrogens is 402 g/mol. The summed E-state index contributed by atoms with van der Waals surface area (Å²) < 4.78 is 31.0. The molecule has 0 spiro atoms. The van der Waals surface area contributed by atoms with E-state index in [2.05, 4.69) is 15.5 Å². The number of hydroxylamine groups is 2. The number of rotatable bonds is 7. The second-order valence-corrected chi connectivity index (χ2v) is 9.44. The number of amides is 4. The molecule has 0 aromatic heterocycles. The lowest BCUT2D eigenvalue weighted by Gasteiger charge is -2.16. The van der Waals surface area contributed by atoms with Gasteiger partial charge in [0.05, 0.1) is 18.5 Å². The number of hydrogen-bond acceptors (Lipinski definition) is 8. The lowest BCUT2D eigenvalue weighted by Crippen LogP contribution is -2.37. The summed E-state index contributed by atoms with van der Waals surface area (Å²) >= 11 is 1.75. The average Bonchev–Trinajstić information content (AvgIpc) is 3.19. The Morgan fingerprint density at radius 2 is 2.00 bits per heavy atom. The van der Waals surface area contributed by atoms with Gasteiger partial charge in [0.2, 0.25) is 0 Å². The molecule has 150 valence electrons. The van der Waals surface area contributed by atoms with Crippen molar-refractivity contribution in [3.8, 4) is 0 Å². The van der Waals surface area contributed by atoms with Gasteiger partial charge >= 0.3 is 12.0 Å². The van der Waals surface area contributed by atoms with Crippen LogP contribution in [0.2, 0.25) is 0 Å². The number of carbonyl (C=O) groups excluding carboxylic acids is 4. The number of thioether (sulfide) groups is 1. The van der Waals surface area contributed by atoms with Crippen LogP contribution in [-0.4, -0.2) is 70.2 Å². The van der Waals surface area contributed by atoms with E-state index < -0.39 is 39.6 Å². The third-order valence-electron chi connectivity index (χ3n) is 4.67. The third-order valence-corrected chi connectivity index (χ3v) is 7.27. The van der Waals surface area contributed by atoms with Crippen molar-refractivity contribution in [1.82, 2.24) is 15.7 Å². The summed E-state index contributed by atoms with van der Waals surface area (Å²) in [5.41, 5.74) is 0. The fraction of sp³-hybridized carbons (Fsp3) is 0.714. The van der Waals surface area contributed by atoms with Gasteiger partial charge in [-0.05, 0) is 12.8 Å². The van der Waals surface area contributed by atoms with Crippen molar-refractivity contribution < 1.29 is 37.0 Å². The summed E-state index contributed by atoms with van der Waals surface area (Å²) in [6.45, 7) is 0. The van der Waals surface area contributed by atoms with Crippen LogP contribution in [0.4, 0.5) is 4.79 Å². The van der Waals surface area contributed by atoms with Gasteiger partial charge in [-0.3, -0.25) is 14.1 Å². The van der Waals surface area contributed by atoms with Crippen LogP contribution >= 0.6 is 11.8 Å². The minimum Gasteiger partial charge on any atom is -0.332 e. The molecule has 27 heavy (non-hydrogen) atoms. The summed E-state index contributed by atoms with van der Waals surface area (Å²) in [6.07, 6.45) is 1.11. The zero-order valence-corrected chi connectivity index (χ0v) is 15.8. The Balaban J connectivity index is 1.40. The summed E-state index contributed by atoms with van der Waals surface area (Å²) in [4.78, 5) is 51.2. The van der Waals surface area contributed by atoms with Crippen LogP contribution in [0.1, 0.15) is 32.1 Å². The van der Waals surface area contributed by atoms with Gasteiger partial charge in [0, 0.05) is 17.4 Å². The molecule has 3 rings (SSSR count). The molecule has 3 heterocycles. The van der Waals surface area contributed by atoms with E-state index in [4.69, 9.17) is 4.55 Å². The zero-order chi connectivity index (χ0) is 19.8. The van der Waals surface area contributed by atoms with Crippen molar-refractivity contribution in [2.75, 3.05) is 5.75 Å². The molecule has 3 N–H and O–H groups in total. The van der Waals surface area contributed by atoms with Gasteiger partial charge in [0.25, 0.3) is 21.9 Å². The molecule has 0 aromatic carbocycles. The number of unbranched alkanes of at least 4 members (excludes halogenated alkanes) is 1. The first-order valence-electron chi connectivity index (χ1n) is 8.39. The first-order valence-corrected chi connectivity index (χ1v) is 10.9. The maximum atomic E-state index is 11.8. The van der Waals surface area contributed by atoms with Crippen LogP contribution < -0.4 is 10.6 Å². The molecule has 11 nitrogen and oxygen atoms in total. The molecular formula is C14H19N3O8S2. The normalized spacial score (nSPS) is 30.3. The van der Waals surface area contributed by atoms with E-state index in [1.807, 2.05) is 0 Å². The molecule has 0 aliphatic carbocycles. The van der Waals surface area contributed by atoms with E-state index >= 15 is 0 Å². The highest BCUT2D eigenvalue weighted by molar-refractivity contribution is 8.00. The van der Waals surface area contributed by atoms with E-state index in [9.17, 15) is 27.6 Å². The highest BCUT2D eigenvalue weighted by atomic mass is 32.2. The Labute approximate surface area is 159 Å². The molecule has 3 fully saturated rings. The lowest BCUT2D eigenvalue weighted by molar-refractivity contribution is -0.197. The van der Waals surface area contributed by atoms with Crippen LogP contribution in [0.3, 0.4) is 0 Å². The Hall–Kier alpha value is -1.86. The number of nitrogens with one attached hydrogen (secondary N) is 2. The molecule has 3 aliphatic rings. The minimum atomic E-state index is -4.74.